The van der Waals surface area contributed by atoms with Gasteiger partial charge < -0.3 is 10.2 Å². The minimum atomic E-state index is -0.632. The molecule has 1 unspecified atom stereocenters. The number of amides is 1. The van der Waals surface area contributed by atoms with Gasteiger partial charge in [-0.15, -0.1) is 11.3 Å². The molecule has 3 heterocycles. The quantitative estimate of drug-likeness (QED) is 0.945. The molecule has 6 nitrogen and oxygen atoms in total. The molecule has 1 N–H and O–H groups in total. The maximum absolute atomic E-state index is 12.0. The molecule has 2 aromatic heterocycles. The van der Waals surface area contributed by atoms with Crippen molar-refractivity contribution in [2.45, 2.75) is 12.5 Å². The molecular weight excluding hydrogens is 300 g/mol. The van der Waals surface area contributed by atoms with Crippen LogP contribution < -0.4 is 5.32 Å². The maximum atomic E-state index is 12.0. The number of aromatic nitrogens is 2. The molecule has 1 atom stereocenters. The highest BCUT2D eigenvalue weighted by Gasteiger charge is 2.29. The predicted octanol–water partition coefficient (Wildman–Crippen LogP) is 2.27. The number of halogens is 1. The third-order valence-corrected chi connectivity index (χ3v) is 4.06. The van der Waals surface area contributed by atoms with Gasteiger partial charge in [0.05, 0.1) is 9.21 Å². The van der Waals surface area contributed by atoms with Gasteiger partial charge in [0.25, 0.3) is 5.91 Å². The number of hydrogen-bond acceptors (Lipinski definition) is 5. The van der Waals surface area contributed by atoms with E-state index in [4.69, 9.17) is 16.4 Å². The van der Waals surface area contributed by atoms with Gasteiger partial charge in [-0.05, 0) is 12.1 Å². The summed E-state index contributed by atoms with van der Waals surface area (Å²) < 4.78 is 2.30. The van der Waals surface area contributed by atoms with Crippen molar-refractivity contribution in [2.24, 2.45) is 12.2 Å². The van der Waals surface area contributed by atoms with E-state index in [0.717, 1.165) is 10.6 Å². The Kier molecular flexibility index (Phi) is 3.45. The Bertz CT molecular complexity index is 679. The molecule has 0 saturated heterocycles. The van der Waals surface area contributed by atoms with Gasteiger partial charge >= 0.3 is 0 Å². The zero-order valence-corrected chi connectivity index (χ0v) is 12.1. The second-order valence-electron chi connectivity index (χ2n) is 4.30. The molecule has 8 heteroatoms. The van der Waals surface area contributed by atoms with Crippen LogP contribution >= 0.6 is 22.9 Å². The third kappa shape index (κ3) is 2.68. The number of hydrogen-bond donors (Lipinski definition) is 1. The molecule has 0 aromatic carbocycles. The molecule has 0 bridgehead atoms. The van der Waals surface area contributed by atoms with Crippen LogP contribution in [0.3, 0.4) is 0 Å². The van der Waals surface area contributed by atoms with Crippen molar-refractivity contribution in [3.05, 3.63) is 33.6 Å². The molecule has 0 fully saturated rings. The van der Waals surface area contributed by atoms with Crippen LogP contribution in [0.1, 0.15) is 11.3 Å². The van der Waals surface area contributed by atoms with Crippen molar-refractivity contribution in [1.82, 2.24) is 9.78 Å². The van der Waals surface area contributed by atoms with Crippen LogP contribution in [0.2, 0.25) is 4.34 Å². The van der Waals surface area contributed by atoms with Crippen LogP contribution in [0.4, 0.5) is 5.82 Å². The predicted molar refractivity (Wildman–Crippen MR) is 77.2 cm³/mol. The fourth-order valence-electron chi connectivity index (χ4n) is 1.82. The molecule has 0 saturated carbocycles. The molecule has 0 spiro atoms. The van der Waals surface area contributed by atoms with Gasteiger partial charge in [0.1, 0.15) is 5.71 Å². The Morgan fingerprint density at radius 1 is 1.55 bits per heavy atom. The van der Waals surface area contributed by atoms with Crippen LogP contribution in [-0.2, 0) is 16.7 Å². The standard InChI is InChI=1S/C12H11ClN4O2S/c1-17-5-4-11(15-17)14-12(18)8-6-7(16-19-8)9-2-3-10(13)20-9/h2-5,8H,6H2,1H3,(H,14,15,18). The Labute approximate surface area is 124 Å². The lowest BCUT2D eigenvalue weighted by molar-refractivity contribution is -0.125. The Morgan fingerprint density at radius 3 is 3.05 bits per heavy atom. The molecule has 1 aliphatic heterocycles. The molecule has 1 amide bonds. The zero-order valence-electron chi connectivity index (χ0n) is 10.5. The van der Waals surface area contributed by atoms with Gasteiger partial charge in [0.15, 0.2) is 5.82 Å². The molecule has 1 aliphatic rings. The number of thiophene rings is 1. The van der Waals surface area contributed by atoms with Crippen LogP contribution in [-0.4, -0.2) is 27.5 Å². The van der Waals surface area contributed by atoms with Crippen LogP contribution in [0.25, 0.3) is 0 Å². The molecular formula is C12H11ClN4O2S. The van der Waals surface area contributed by atoms with Gasteiger partial charge in [-0.1, -0.05) is 16.8 Å². The Balaban J connectivity index is 1.62. The summed E-state index contributed by atoms with van der Waals surface area (Å²) in [6.45, 7) is 0. The van der Waals surface area contributed by atoms with Gasteiger partial charge in [-0.3, -0.25) is 9.48 Å². The lowest BCUT2D eigenvalue weighted by atomic mass is 10.1. The van der Waals surface area contributed by atoms with Crippen LogP contribution in [0, 0.1) is 0 Å². The van der Waals surface area contributed by atoms with Crippen molar-refractivity contribution in [1.29, 1.82) is 0 Å². The summed E-state index contributed by atoms with van der Waals surface area (Å²) in [6, 6.07) is 5.38. The number of nitrogens with zero attached hydrogens (tertiary/aromatic N) is 3. The average Bonchev–Trinajstić information content (AvgIpc) is 3.10. The van der Waals surface area contributed by atoms with E-state index in [2.05, 4.69) is 15.6 Å². The first kappa shape index (κ1) is 13.1. The monoisotopic (exact) mass is 310 g/mol. The van der Waals surface area contributed by atoms with Crippen molar-refractivity contribution in [3.63, 3.8) is 0 Å². The number of anilines is 1. The molecule has 2 aromatic rings. The minimum absolute atomic E-state index is 0.259. The van der Waals surface area contributed by atoms with E-state index in [-0.39, 0.29) is 5.91 Å². The zero-order chi connectivity index (χ0) is 14.1. The summed E-state index contributed by atoms with van der Waals surface area (Å²) in [5, 5.41) is 10.7. The first-order valence-electron chi connectivity index (χ1n) is 5.91. The number of carbonyl (C=O) groups excluding carboxylic acids is 1. The molecule has 20 heavy (non-hydrogen) atoms. The van der Waals surface area contributed by atoms with Gasteiger partial charge in [0.2, 0.25) is 6.10 Å². The largest absolute Gasteiger partial charge is 0.382 e. The van der Waals surface area contributed by atoms with E-state index in [1.807, 2.05) is 6.07 Å². The third-order valence-electron chi connectivity index (χ3n) is 2.78. The number of nitrogens with one attached hydrogen (secondary N) is 1. The van der Waals surface area contributed by atoms with Crippen LogP contribution in [0.15, 0.2) is 29.6 Å². The molecule has 104 valence electrons. The van der Waals surface area contributed by atoms with Crippen LogP contribution in [0.5, 0.6) is 0 Å². The summed E-state index contributed by atoms with van der Waals surface area (Å²) in [4.78, 5) is 18.1. The second-order valence-corrected chi connectivity index (χ2v) is 6.02. The fourth-order valence-corrected chi connectivity index (χ4v) is 2.85. The molecule has 0 aliphatic carbocycles. The smallest absolute Gasteiger partial charge is 0.269 e. The second kappa shape index (κ2) is 5.26. The summed E-state index contributed by atoms with van der Waals surface area (Å²) in [5.41, 5.74) is 0.739. The van der Waals surface area contributed by atoms with E-state index in [1.165, 1.54) is 11.3 Å². The normalized spacial score (nSPS) is 17.7. The Hall–Kier alpha value is -1.86. The summed E-state index contributed by atoms with van der Waals surface area (Å²) >= 11 is 7.29. The van der Waals surface area contributed by atoms with Gasteiger partial charge in [-0.25, -0.2) is 0 Å². The lowest BCUT2D eigenvalue weighted by Gasteiger charge is -2.06. The SMILES string of the molecule is Cn1ccc(NC(=O)C2CC(c3ccc(Cl)s3)=NO2)n1. The highest BCUT2D eigenvalue weighted by molar-refractivity contribution is 7.18. The number of oxime groups is 1. The first-order valence-corrected chi connectivity index (χ1v) is 7.10. The fraction of sp³-hybridized carbons (Fsp3) is 0.250. The number of rotatable bonds is 3. The molecule has 3 rings (SSSR count). The van der Waals surface area contributed by atoms with Crippen molar-refractivity contribution in [2.75, 3.05) is 5.32 Å². The van der Waals surface area contributed by atoms with E-state index in [0.29, 0.717) is 16.6 Å². The number of carbonyl (C=O) groups is 1. The number of aryl methyl sites for hydroxylation is 1. The maximum Gasteiger partial charge on any atom is 0.269 e. The van der Waals surface area contributed by atoms with E-state index in [1.54, 1.807) is 30.1 Å². The summed E-state index contributed by atoms with van der Waals surface area (Å²) in [6.07, 6.45) is 1.55. The highest BCUT2D eigenvalue weighted by atomic mass is 35.5. The summed E-state index contributed by atoms with van der Waals surface area (Å²) in [5.74, 6) is 0.235. The van der Waals surface area contributed by atoms with Crippen molar-refractivity contribution >= 4 is 40.4 Å². The van der Waals surface area contributed by atoms with Crippen molar-refractivity contribution < 1.29 is 9.63 Å². The Morgan fingerprint density at radius 2 is 2.40 bits per heavy atom. The lowest BCUT2D eigenvalue weighted by Crippen LogP contribution is -2.28. The topological polar surface area (TPSA) is 68.5 Å². The van der Waals surface area contributed by atoms with E-state index in [9.17, 15) is 4.79 Å². The first-order chi connectivity index (χ1) is 9.61. The van der Waals surface area contributed by atoms with Crippen molar-refractivity contribution in [3.8, 4) is 0 Å². The minimum Gasteiger partial charge on any atom is -0.382 e. The van der Waals surface area contributed by atoms with Gasteiger partial charge in [-0.2, -0.15) is 5.10 Å². The van der Waals surface area contributed by atoms with Gasteiger partial charge in [0, 0.05) is 25.7 Å². The highest BCUT2D eigenvalue weighted by Crippen LogP contribution is 2.26. The summed E-state index contributed by atoms with van der Waals surface area (Å²) in [7, 11) is 1.78. The van der Waals surface area contributed by atoms with E-state index < -0.39 is 6.10 Å². The van der Waals surface area contributed by atoms with E-state index >= 15 is 0 Å². The molecule has 0 radical (unpaired) electrons. The average molecular weight is 311 g/mol.